The number of nitrogens with zero attached hydrogens (tertiary/aromatic N) is 3. The van der Waals surface area contributed by atoms with Crippen LogP contribution >= 0.6 is 11.8 Å². The molecule has 130 valence electrons. The fraction of sp³-hybridized carbons (Fsp3) is 0.389. The molecule has 0 unspecified atom stereocenters. The smallest absolute Gasteiger partial charge is 0.233 e. The first-order valence-electron chi connectivity index (χ1n) is 8.36. The van der Waals surface area contributed by atoms with Gasteiger partial charge in [-0.15, -0.1) is 10.2 Å². The SMILES string of the molecule is COc1ccc2c(C)cc3nnc(S[C@@H](C)C(=O)NC4CC4)n3c2c1. The third-order valence-corrected chi connectivity index (χ3v) is 5.49. The van der Waals surface area contributed by atoms with Crippen molar-refractivity contribution in [1.82, 2.24) is 19.9 Å². The van der Waals surface area contributed by atoms with E-state index in [1.807, 2.05) is 35.6 Å². The van der Waals surface area contributed by atoms with Crippen molar-refractivity contribution in [2.45, 2.75) is 43.1 Å². The number of carbonyl (C=O) groups is 1. The second kappa shape index (κ2) is 6.22. The Hall–Kier alpha value is -2.28. The van der Waals surface area contributed by atoms with Crippen molar-refractivity contribution in [3.8, 4) is 5.75 Å². The Bertz CT molecular complexity index is 965. The number of hydrogen-bond acceptors (Lipinski definition) is 5. The maximum absolute atomic E-state index is 12.3. The van der Waals surface area contributed by atoms with Crippen LogP contribution in [0.3, 0.4) is 0 Å². The molecule has 25 heavy (non-hydrogen) atoms. The summed E-state index contributed by atoms with van der Waals surface area (Å²) in [6, 6.07) is 8.35. The molecule has 3 aromatic rings. The van der Waals surface area contributed by atoms with Crippen molar-refractivity contribution >= 4 is 34.2 Å². The van der Waals surface area contributed by atoms with E-state index in [0.717, 1.165) is 40.7 Å². The summed E-state index contributed by atoms with van der Waals surface area (Å²) in [6.45, 7) is 3.96. The van der Waals surface area contributed by atoms with Gasteiger partial charge in [-0.1, -0.05) is 11.8 Å². The minimum absolute atomic E-state index is 0.0539. The molecule has 2 aromatic heterocycles. The molecule has 0 bridgehead atoms. The number of thioether (sulfide) groups is 1. The lowest BCUT2D eigenvalue weighted by Crippen LogP contribution is -2.32. The number of fused-ring (bicyclic) bond motifs is 3. The molecule has 0 spiro atoms. The van der Waals surface area contributed by atoms with Crippen LogP contribution in [0.4, 0.5) is 0 Å². The maximum Gasteiger partial charge on any atom is 0.233 e. The Kier molecular flexibility index (Phi) is 4.03. The molecule has 0 saturated heterocycles. The van der Waals surface area contributed by atoms with Crippen molar-refractivity contribution in [3.05, 3.63) is 29.8 Å². The van der Waals surface area contributed by atoms with E-state index in [-0.39, 0.29) is 11.2 Å². The van der Waals surface area contributed by atoms with E-state index in [0.29, 0.717) is 11.2 Å². The zero-order valence-electron chi connectivity index (χ0n) is 14.4. The summed E-state index contributed by atoms with van der Waals surface area (Å²) in [6.07, 6.45) is 2.17. The van der Waals surface area contributed by atoms with E-state index in [9.17, 15) is 4.79 Å². The standard InChI is InChI=1S/C18H20N4O2S/c1-10-8-16-20-21-18(25-11(2)17(23)19-12-4-5-12)22(16)15-9-13(24-3)6-7-14(10)15/h6-9,11-12H,4-5H2,1-3H3,(H,19,23)/t11-/m0/s1. The molecule has 0 aliphatic heterocycles. The van der Waals surface area contributed by atoms with Gasteiger partial charge >= 0.3 is 0 Å². The Balaban J connectivity index is 1.76. The second-order valence-electron chi connectivity index (χ2n) is 6.43. The number of aromatic nitrogens is 3. The fourth-order valence-corrected chi connectivity index (χ4v) is 3.74. The highest BCUT2D eigenvalue weighted by atomic mass is 32.2. The van der Waals surface area contributed by atoms with E-state index in [2.05, 4.69) is 22.4 Å². The molecule has 1 N–H and O–H groups in total. The van der Waals surface area contributed by atoms with Gasteiger partial charge in [0.15, 0.2) is 10.8 Å². The summed E-state index contributed by atoms with van der Waals surface area (Å²) in [5.74, 6) is 0.835. The lowest BCUT2D eigenvalue weighted by atomic mass is 10.1. The van der Waals surface area contributed by atoms with Crippen LogP contribution in [0, 0.1) is 6.92 Å². The number of benzene rings is 1. The molecule has 4 rings (SSSR count). The molecule has 1 aliphatic rings. The van der Waals surface area contributed by atoms with Gasteiger partial charge in [-0.3, -0.25) is 9.20 Å². The Morgan fingerprint density at radius 3 is 2.88 bits per heavy atom. The highest BCUT2D eigenvalue weighted by Crippen LogP contribution is 2.30. The van der Waals surface area contributed by atoms with Gasteiger partial charge in [0.1, 0.15) is 5.75 Å². The minimum atomic E-state index is -0.227. The van der Waals surface area contributed by atoms with Gasteiger partial charge < -0.3 is 10.1 Å². The van der Waals surface area contributed by atoms with Crippen molar-refractivity contribution in [3.63, 3.8) is 0 Å². The fourth-order valence-electron chi connectivity index (χ4n) is 2.86. The summed E-state index contributed by atoms with van der Waals surface area (Å²) >= 11 is 1.43. The Morgan fingerprint density at radius 1 is 1.36 bits per heavy atom. The normalized spacial score (nSPS) is 15.5. The monoisotopic (exact) mass is 356 g/mol. The van der Waals surface area contributed by atoms with Crippen LogP contribution < -0.4 is 10.1 Å². The number of aryl methyl sites for hydroxylation is 1. The van der Waals surface area contributed by atoms with Gasteiger partial charge in [-0.05, 0) is 50.5 Å². The molecule has 1 aliphatic carbocycles. The quantitative estimate of drug-likeness (QED) is 0.712. The largest absolute Gasteiger partial charge is 0.497 e. The molecular formula is C18H20N4O2S. The maximum atomic E-state index is 12.3. The topological polar surface area (TPSA) is 68.5 Å². The third-order valence-electron chi connectivity index (χ3n) is 4.45. The number of hydrogen-bond donors (Lipinski definition) is 1. The van der Waals surface area contributed by atoms with E-state index >= 15 is 0 Å². The van der Waals surface area contributed by atoms with E-state index in [4.69, 9.17) is 4.74 Å². The van der Waals surface area contributed by atoms with Crippen LogP contribution in [0.5, 0.6) is 5.75 Å². The van der Waals surface area contributed by atoms with Crippen LogP contribution in [0.1, 0.15) is 25.3 Å². The molecule has 1 fully saturated rings. The van der Waals surface area contributed by atoms with Crippen LogP contribution in [0.2, 0.25) is 0 Å². The van der Waals surface area contributed by atoms with E-state index in [1.54, 1.807) is 7.11 Å². The Morgan fingerprint density at radius 2 is 2.16 bits per heavy atom. The molecule has 1 aromatic carbocycles. The van der Waals surface area contributed by atoms with Gasteiger partial charge in [0, 0.05) is 17.5 Å². The lowest BCUT2D eigenvalue weighted by Gasteiger charge is -2.12. The number of carbonyl (C=O) groups excluding carboxylic acids is 1. The van der Waals surface area contributed by atoms with Gasteiger partial charge in [-0.25, -0.2) is 0 Å². The van der Waals surface area contributed by atoms with Crippen molar-refractivity contribution in [2.24, 2.45) is 0 Å². The van der Waals surface area contributed by atoms with Gasteiger partial charge in [0.05, 0.1) is 17.9 Å². The second-order valence-corrected chi connectivity index (χ2v) is 7.74. The van der Waals surface area contributed by atoms with Crippen LogP contribution in [-0.2, 0) is 4.79 Å². The highest BCUT2D eigenvalue weighted by molar-refractivity contribution is 8.00. The van der Waals surface area contributed by atoms with Crippen LogP contribution in [0.25, 0.3) is 16.6 Å². The molecule has 1 atom stereocenters. The summed E-state index contributed by atoms with van der Waals surface area (Å²) in [5.41, 5.74) is 2.89. The number of rotatable bonds is 5. The number of ether oxygens (including phenoxy) is 1. The minimum Gasteiger partial charge on any atom is -0.497 e. The Labute approximate surface area is 150 Å². The van der Waals surface area contributed by atoms with Gasteiger partial charge in [0.2, 0.25) is 5.91 Å². The van der Waals surface area contributed by atoms with Crippen molar-refractivity contribution < 1.29 is 9.53 Å². The third kappa shape index (κ3) is 3.04. The number of pyridine rings is 1. The zero-order chi connectivity index (χ0) is 17.6. The van der Waals surface area contributed by atoms with Gasteiger partial charge in [0.25, 0.3) is 0 Å². The number of methoxy groups -OCH3 is 1. The number of amides is 1. The van der Waals surface area contributed by atoms with Crippen molar-refractivity contribution in [2.75, 3.05) is 7.11 Å². The summed E-state index contributed by atoms with van der Waals surface area (Å²) in [5, 5.41) is 13.2. The molecule has 2 heterocycles. The van der Waals surface area contributed by atoms with E-state index < -0.39 is 0 Å². The molecule has 0 radical (unpaired) electrons. The molecule has 6 nitrogen and oxygen atoms in total. The first-order chi connectivity index (χ1) is 12.1. The molecule has 1 amide bonds. The molecule has 7 heteroatoms. The first kappa shape index (κ1) is 16.2. The zero-order valence-corrected chi connectivity index (χ0v) is 15.3. The summed E-state index contributed by atoms with van der Waals surface area (Å²) in [4.78, 5) is 12.3. The first-order valence-corrected chi connectivity index (χ1v) is 9.24. The number of nitrogens with one attached hydrogen (secondary N) is 1. The predicted molar refractivity (Wildman–Crippen MR) is 98.3 cm³/mol. The summed E-state index contributed by atoms with van der Waals surface area (Å²) < 4.78 is 7.37. The summed E-state index contributed by atoms with van der Waals surface area (Å²) in [7, 11) is 1.65. The molecule has 1 saturated carbocycles. The van der Waals surface area contributed by atoms with Crippen molar-refractivity contribution in [1.29, 1.82) is 0 Å². The van der Waals surface area contributed by atoms with Crippen LogP contribution in [0.15, 0.2) is 29.4 Å². The highest BCUT2D eigenvalue weighted by Gasteiger charge is 2.27. The van der Waals surface area contributed by atoms with E-state index in [1.165, 1.54) is 11.8 Å². The average Bonchev–Trinajstić information content (AvgIpc) is 3.34. The lowest BCUT2D eigenvalue weighted by molar-refractivity contribution is -0.120. The average molecular weight is 356 g/mol. The molecular weight excluding hydrogens is 336 g/mol. The van der Waals surface area contributed by atoms with Crippen LogP contribution in [-0.4, -0.2) is 38.9 Å². The van der Waals surface area contributed by atoms with Gasteiger partial charge in [-0.2, -0.15) is 0 Å². The predicted octanol–water partition coefficient (Wildman–Crippen LogP) is 2.96.